The first kappa shape index (κ1) is 12.0. The van der Waals surface area contributed by atoms with Gasteiger partial charge in [-0.1, -0.05) is 13.8 Å². The van der Waals surface area contributed by atoms with E-state index < -0.39 is 0 Å². The molecule has 2 heteroatoms. The average Bonchev–Trinajstić information content (AvgIpc) is 2.11. The number of ether oxygens (including phenoxy) is 1. The Kier molecular flexibility index (Phi) is 3.96. The number of nitrogens with two attached hydrogens (primary N) is 1. The lowest BCUT2D eigenvalue weighted by Gasteiger charge is -2.36. The molecule has 0 radical (unpaired) electrons. The Balaban J connectivity index is 2.40. The van der Waals surface area contributed by atoms with Gasteiger partial charge in [0.25, 0.3) is 0 Å². The molecule has 0 saturated heterocycles. The second-order valence-electron chi connectivity index (χ2n) is 5.47. The third-order valence-electron chi connectivity index (χ3n) is 3.53. The van der Waals surface area contributed by atoms with E-state index >= 15 is 0 Å². The summed E-state index contributed by atoms with van der Waals surface area (Å²) in [5, 5.41) is 0. The molecule has 0 spiro atoms. The van der Waals surface area contributed by atoms with E-state index in [-0.39, 0.29) is 5.60 Å². The Morgan fingerprint density at radius 3 is 2.36 bits per heavy atom. The molecular weight excluding hydrogens is 174 g/mol. The summed E-state index contributed by atoms with van der Waals surface area (Å²) in [6, 6.07) is 0. The van der Waals surface area contributed by atoms with Crippen molar-refractivity contribution in [3.8, 4) is 0 Å². The average molecular weight is 199 g/mol. The topological polar surface area (TPSA) is 35.2 Å². The zero-order valence-corrected chi connectivity index (χ0v) is 10.0. The maximum absolute atomic E-state index is 6.02. The van der Waals surface area contributed by atoms with Crippen LogP contribution >= 0.6 is 0 Å². The summed E-state index contributed by atoms with van der Waals surface area (Å²) in [6.45, 7) is 9.43. The molecule has 2 N–H and O–H groups in total. The van der Waals surface area contributed by atoms with E-state index in [2.05, 4.69) is 27.7 Å². The second-order valence-corrected chi connectivity index (χ2v) is 5.47. The summed E-state index contributed by atoms with van der Waals surface area (Å²) >= 11 is 0. The van der Waals surface area contributed by atoms with Crippen molar-refractivity contribution < 1.29 is 4.74 Å². The first-order valence-electron chi connectivity index (χ1n) is 5.82. The lowest BCUT2D eigenvalue weighted by atomic mass is 9.80. The van der Waals surface area contributed by atoms with Gasteiger partial charge in [-0.3, -0.25) is 0 Å². The monoisotopic (exact) mass is 199 g/mol. The lowest BCUT2D eigenvalue weighted by molar-refractivity contribution is -0.0910. The quantitative estimate of drug-likeness (QED) is 0.758. The van der Waals surface area contributed by atoms with Crippen LogP contribution in [0.25, 0.3) is 0 Å². The molecule has 0 aliphatic heterocycles. The summed E-state index contributed by atoms with van der Waals surface area (Å²) in [6.07, 6.45) is 4.13. The summed E-state index contributed by atoms with van der Waals surface area (Å²) in [5.74, 6) is 1.65. The van der Waals surface area contributed by atoms with Gasteiger partial charge in [-0.05, 0) is 44.9 Å². The molecule has 1 aliphatic rings. The number of hydrogen-bond acceptors (Lipinski definition) is 2. The summed E-state index contributed by atoms with van der Waals surface area (Å²) in [4.78, 5) is 0. The largest absolute Gasteiger partial charge is 0.371 e. The minimum absolute atomic E-state index is 0.148. The molecule has 1 saturated carbocycles. The van der Waals surface area contributed by atoms with Gasteiger partial charge in [0.15, 0.2) is 0 Å². The molecule has 84 valence electrons. The van der Waals surface area contributed by atoms with Crippen LogP contribution in [0.2, 0.25) is 0 Å². The predicted molar refractivity (Wildman–Crippen MR) is 60.2 cm³/mol. The van der Waals surface area contributed by atoms with E-state index in [1.165, 1.54) is 19.3 Å². The SMILES string of the molecule is CC1CCC(OC(C)(C)CN)CC1C. The maximum atomic E-state index is 6.02. The Hall–Kier alpha value is -0.0800. The van der Waals surface area contributed by atoms with Crippen molar-refractivity contribution in [2.75, 3.05) is 6.54 Å². The smallest absolute Gasteiger partial charge is 0.0751 e. The van der Waals surface area contributed by atoms with Crippen LogP contribution < -0.4 is 5.73 Å². The zero-order valence-electron chi connectivity index (χ0n) is 10.0. The molecule has 0 heterocycles. The molecule has 0 bridgehead atoms. The van der Waals surface area contributed by atoms with Crippen LogP contribution in [0.1, 0.15) is 47.0 Å². The molecule has 2 nitrogen and oxygen atoms in total. The van der Waals surface area contributed by atoms with Crippen molar-refractivity contribution in [1.82, 2.24) is 0 Å². The highest BCUT2D eigenvalue weighted by Crippen LogP contribution is 2.32. The molecule has 3 unspecified atom stereocenters. The second kappa shape index (κ2) is 4.63. The van der Waals surface area contributed by atoms with Gasteiger partial charge in [0, 0.05) is 6.54 Å². The fourth-order valence-electron chi connectivity index (χ4n) is 2.10. The summed E-state index contributed by atoms with van der Waals surface area (Å²) in [5.41, 5.74) is 5.51. The standard InChI is InChI=1S/C12H25NO/c1-9-5-6-11(7-10(9)2)14-12(3,4)8-13/h9-11H,5-8,13H2,1-4H3. The molecule has 0 amide bonds. The Bertz CT molecular complexity index is 179. The fourth-order valence-corrected chi connectivity index (χ4v) is 2.10. The normalized spacial score (nSPS) is 34.5. The van der Waals surface area contributed by atoms with E-state index in [9.17, 15) is 0 Å². The number of hydrogen-bond donors (Lipinski definition) is 1. The molecular formula is C12H25NO. The van der Waals surface area contributed by atoms with Gasteiger partial charge in [0.05, 0.1) is 11.7 Å². The maximum Gasteiger partial charge on any atom is 0.0751 e. The molecule has 1 fully saturated rings. The van der Waals surface area contributed by atoms with E-state index in [1.807, 2.05) is 0 Å². The molecule has 1 aliphatic carbocycles. The van der Waals surface area contributed by atoms with Crippen molar-refractivity contribution >= 4 is 0 Å². The zero-order chi connectivity index (χ0) is 10.8. The molecule has 0 aromatic carbocycles. The van der Waals surface area contributed by atoms with E-state index in [4.69, 9.17) is 10.5 Å². The van der Waals surface area contributed by atoms with Gasteiger partial charge in [0.1, 0.15) is 0 Å². The molecule has 0 aromatic rings. The van der Waals surface area contributed by atoms with E-state index in [0.29, 0.717) is 12.6 Å². The van der Waals surface area contributed by atoms with Gasteiger partial charge >= 0.3 is 0 Å². The van der Waals surface area contributed by atoms with E-state index in [1.54, 1.807) is 0 Å². The first-order chi connectivity index (χ1) is 6.44. The van der Waals surface area contributed by atoms with E-state index in [0.717, 1.165) is 11.8 Å². The van der Waals surface area contributed by atoms with Gasteiger partial charge in [-0.15, -0.1) is 0 Å². The van der Waals surface area contributed by atoms with Crippen molar-refractivity contribution in [3.05, 3.63) is 0 Å². The lowest BCUT2D eigenvalue weighted by Crippen LogP contribution is -2.40. The van der Waals surface area contributed by atoms with Crippen LogP contribution in [0.4, 0.5) is 0 Å². The van der Waals surface area contributed by atoms with Crippen molar-refractivity contribution in [2.24, 2.45) is 17.6 Å². The minimum atomic E-state index is -0.148. The third-order valence-corrected chi connectivity index (χ3v) is 3.53. The van der Waals surface area contributed by atoms with Crippen molar-refractivity contribution in [2.45, 2.75) is 58.7 Å². The first-order valence-corrected chi connectivity index (χ1v) is 5.82. The molecule has 3 atom stereocenters. The number of rotatable bonds is 3. The Labute approximate surface area is 88.2 Å². The van der Waals surface area contributed by atoms with Crippen LogP contribution in [0.3, 0.4) is 0 Å². The van der Waals surface area contributed by atoms with Gasteiger partial charge in [0.2, 0.25) is 0 Å². The van der Waals surface area contributed by atoms with Crippen LogP contribution in [0.15, 0.2) is 0 Å². The summed E-state index contributed by atoms with van der Waals surface area (Å²) < 4.78 is 6.02. The summed E-state index contributed by atoms with van der Waals surface area (Å²) in [7, 11) is 0. The van der Waals surface area contributed by atoms with Gasteiger partial charge in [-0.2, -0.15) is 0 Å². The van der Waals surface area contributed by atoms with Gasteiger partial charge in [-0.25, -0.2) is 0 Å². The van der Waals surface area contributed by atoms with Crippen LogP contribution in [0, 0.1) is 11.8 Å². The van der Waals surface area contributed by atoms with Crippen molar-refractivity contribution in [3.63, 3.8) is 0 Å². The molecule has 14 heavy (non-hydrogen) atoms. The predicted octanol–water partition coefficient (Wildman–Crippen LogP) is 2.57. The third kappa shape index (κ3) is 3.25. The molecule has 0 aromatic heterocycles. The minimum Gasteiger partial charge on any atom is -0.371 e. The Morgan fingerprint density at radius 1 is 1.21 bits per heavy atom. The van der Waals surface area contributed by atoms with Gasteiger partial charge < -0.3 is 10.5 Å². The van der Waals surface area contributed by atoms with Crippen molar-refractivity contribution in [1.29, 1.82) is 0 Å². The fraction of sp³-hybridized carbons (Fsp3) is 1.00. The van der Waals surface area contributed by atoms with Crippen LogP contribution in [-0.2, 0) is 4.74 Å². The Morgan fingerprint density at radius 2 is 1.86 bits per heavy atom. The van der Waals surface area contributed by atoms with Crippen LogP contribution in [-0.4, -0.2) is 18.2 Å². The highest BCUT2D eigenvalue weighted by Gasteiger charge is 2.29. The van der Waals surface area contributed by atoms with Crippen LogP contribution in [0.5, 0.6) is 0 Å². The molecule has 1 rings (SSSR count). The highest BCUT2D eigenvalue weighted by atomic mass is 16.5. The highest BCUT2D eigenvalue weighted by molar-refractivity contribution is 4.79.